The van der Waals surface area contributed by atoms with Gasteiger partial charge in [0, 0.05) is 26.2 Å². The largest absolute Gasteiger partial charge is 0.366 e. The molecule has 3 rings (SSSR count). The maximum absolute atomic E-state index is 13.8. The summed E-state index contributed by atoms with van der Waals surface area (Å²) in [6, 6.07) is 9.64. The Morgan fingerprint density at radius 2 is 1.80 bits per heavy atom. The minimum absolute atomic E-state index is 0.178. The summed E-state index contributed by atoms with van der Waals surface area (Å²) in [5, 5.41) is 0. The van der Waals surface area contributed by atoms with Crippen LogP contribution in [0.5, 0.6) is 0 Å². The lowest BCUT2D eigenvalue weighted by Gasteiger charge is -2.36. The van der Waals surface area contributed by atoms with Crippen LogP contribution in [0.4, 0.5) is 10.1 Å². The van der Waals surface area contributed by atoms with E-state index < -0.39 is 21.5 Å². The van der Waals surface area contributed by atoms with Gasteiger partial charge in [-0.15, -0.1) is 11.3 Å². The van der Waals surface area contributed by atoms with Gasteiger partial charge in [0.2, 0.25) is 5.91 Å². The number of nitrogens with zero attached hydrogens (tertiary/aromatic N) is 2. The molecule has 1 aliphatic rings. The minimum atomic E-state index is -3.64. The van der Waals surface area contributed by atoms with E-state index in [1.54, 1.807) is 24.3 Å². The highest BCUT2D eigenvalue weighted by atomic mass is 79.9. The summed E-state index contributed by atoms with van der Waals surface area (Å²) in [6.07, 6.45) is 0. The van der Waals surface area contributed by atoms with E-state index in [4.69, 9.17) is 0 Å². The molecule has 1 aromatic heterocycles. The standard InChI is InChI=1S/C16H16BrFN2O3S2/c17-14-5-6-16(24-14)25(22,23)11-15(21)20-9-7-19(8-10-20)13-4-2-1-3-12(13)18/h1-6H,7-11H2. The SMILES string of the molecule is O=C(CS(=O)(=O)c1ccc(Br)s1)N1CCN(c2ccccc2F)CC1. The molecule has 2 heterocycles. The molecule has 0 bridgehead atoms. The zero-order valence-electron chi connectivity index (χ0n) is 13.2. The first-order valence-electron chi connectivity index (χ1n) is 7.62. The molecule has 9 heteroatoms. The van der Waals surface area contributed by atoms with Crippen LogP contribution in [-0.2, 0) is 14.6 Å². The number of carbonyl (C=O) groups excluding carboxylic acids is 1. The van der Waals surface area contributed by atoms with Crippen LogP contribution in [-0.4, -0.2) is 51.2 Å². The number of sulfone groups is 1. The number of thiophene rings is 1. The number of hydrogen-bond donors (Lipinski definition) is 0. The number of para-hydroxylation sites is 1. The van der Waals surface area contributed by atoms with Crippen molar-refractivity contribution in [2.75, 3.05) is 36.8 Å². The average molecular weight is 447 g/mol. The highest BCUT2D eigenvalue weighted by molar-refractivity contribution is 9.11. The van der Waals surface area contributed by atoms with Gasteiger partial charge in [-0.05, 0) is 40.2 Å². The van der Waals surface area contributed by atoms with Gasteiger partial charge in [0.25, 0.3) is 0 Å². The van der Waals surface area contributed by atoms with Gasteiger partial charge in [-0.3, -0.25) is 4.79 Å². The van der Waals surface area contributed by atoms with Crippen LogP contribution in [0.15, 0.2) is 44.4 Å². The first kappa shape index (κ1) is 18.3. The molecule has 1 aromatic carbocycles. The second kappa shape index (κ2) is 7.43. The third-order valence-electron chi connectivity index (χ3n) is 3.99. The number of hydrogen-bond acceptors (Lipinski definition) is 5. The Morgan fingerprint density at radius 3 is 2.40 bits per heavy atom. The van der Waals surface area contributed by atoms with Crippen LogP contribution >= 0.6 is 27.3 Å². The number of rotatable bonds is 4. The number of anilines is 1. The molecule has 0 atom stereocenters. The summed E-state index contributed by atoms with van der Waals surface area (Å²) in [5.41, 5.74) is 0.505. The number of carbonyl (C=O) groups is 1. The Hall–Kier alpha value is -1.45. The highest BCUT2D eigenvalue weighted by Gasteiger charge is 2.27. The van der Waals surface area contributed by atoms with E-state index >= 15 is 0 Å². The van der Waals surface area contributed by atoms with Gasteiger partial charge < -0.3 is 9.80 Å². The van der Waals surface area contributed by atoms with Crippen LogP contribution in [0.2, 0.25) is 0 Å². The third kappa shape index (κ3) is 4.21. The highest BCUT2D eigenvalue weighted by Crippen LogP contribution is 2.27. The minimum Gasteiger partial charge on any atom is -0.366 e. The molecule has 0 saturated carbocycles. The summed E-state index contributed by atoms with van der Waals surface area (Å²) >= 11 is 4.32. The van der Waals surface area contributed by atoms with Crippen LogP contribution < -0.4 is 4.90 Å². The molecule has 1 amide bonds. The lowest BCUT2D eigenvalue weighted by Crippen LogP contribution is -2.50. The molecule has 2 aromatic rings. The second-order valence-corrected chi connectivity index (χ2v) is 10.3. The molecule has 1 saturated heterocycles. The van der Waals surface area contributed by atoms with Gasteiger partial charge in [-0.25, -0.2) is 12.8 Å². The summed E-state index contributed by atoms with van der Waals surface area (Å²) in [6.45, 7) is 1.68. The normalized spacial score (nSPS) is 15.4. The average Bonchev–Trinajstić information content (AvgIpc) is 3.03. The zero-order valence-corrected chi connectivity index (χ0v) is 16.4. The molecule has 0 spiro atoms. The summed E-state index contributed by atoms with van der Waals surface area (Å²) in [4.78, 5) is 15.7. The van der Waals surface area contributed by atoms with E-state index in [2.05, 4.69) is 15.9 Å². The fourth-order valence-corrected chi connectivity index (χ4v) is 6.02. The molecule has 1 fully saturated rings. The van der Waals surface area contributed by atoms with Crippen LogP contribution in [0.1, 0.15) is 0 Å². The van der Waals surface area contributed by atoms with E-state index in [0.29, 0.717) is 35.7 Å². The van der Waals surface area contributed by atoms with Crippen LogP contribution in [0.25, 0.3) is 0 Å². The van der Waals surface area contributed by atoms with Crippen molar-refractivity contribution in [1.82, 2.24) is 4.90 Å². The Kier molecular flexibility index (Phi) is 5.45. The lowest BCUT2D eigenvalue weighted by molar-refractivity contribution is -0.128. The van der Waals surface area contributed by atoms with Crippen molar-refractivity contribution >= 4 is 48.7 Å². The fourth-order valence-electron chi connectivity index (χ4n) is 2.69. The number of halogens is 2. The van der Waals surface area contributed by atoms with E-state index in [1.165, 1.54) is 17.0 Å². The monoisotopic (exact) mass is 446 g/mol. The summed E-state index contributed by atoms with van der Waals surface area (Å²) in [7, 11) is -3.64. The van der Waals surface area contributed by atoms with Gasteiger partial charge in [-0.2, -0.15) is 0 Å². The molecule has 1 aliphatic heterocycles. The molecular formula is C16H16BrFN2O3S2. The quantitative estimate of drug-likeness (QED) is 0.724. The van der Waals surface area contributed by atoms with Crippen LogP contribution in [0, 0.1) is 5.82 Å². The van der Waals surface area contributed by atoms with E-state index in [-0.39, 0.29) is 10.0 Å². The zero-order chi connectivity index (χ0) is 18.0. The van der Waals surface area contributed by atoms with Crippen molar-refractivity contribution < 1.29 is 17.6 Å². The molecule has 5 nitrogen and oxygen atoms in total. The van der Waals surface area contributed by atoms with Crippen molar-refractivity contribution in [3.05, 3.63) is 46.0 Å². The Balaban J connectivity index is 1.61. The maximum atomic E-state index is 13.8. The topological polar surface area (TPSA) is 57.7 Å². The Bertz CT molecular complexity index is 877. The Labute approximate surface area is 158 Å². The van der Waals surface area contributed by atoms with Crippen molar-refractivity contribution in [2.45, 2.75) is 4.21 Å². The maximum Gasteiger partial charge on any atom is 0.238 e. The van der Waals surface area contributed by atoms with E-state index in [1.807, 2.05) is 4.90 Å². The third-order valence-corrected chi connectivity index (χ3v) is 7.80. The van der Waals surface area contributed by atoms with E-state index in [0.717, 1.165) is 11.3 Å². The van der Waals surface area contributed by atoms with Gasteiger partial charge in [-0.1, -0.05) is 12.1 Å². The summed E-state index contributed by atoms with van der Waals surface area (Å²) in [5.74, 6) is -1.26. The summed E-state index contributed by atoms with van der Waals surface area (Å²) < 4.78 is 39.3. The molecule has 0 aliphatic carbocycles. The molecule has 25 heavy (non-hydrogen) atoms. The van der Waals surface area contributed by atoms with Gasteiger partial charge in [0.1, 0.15) is 15.8 Å². The fraction of sp³-hybridized carbons (Fsp3) is 0.312. The van der Waals surface area contributed by atoms with E-state index in [9.17, 15) is 17.6 Å². The lowest BCUT2D eigenvalue weighted by atomic mass is 10.2. The van der Waals surface area contributed by atoms with Crippen LogP contribution in [0.3, 0.4) is 0 Å². The van der Waals surface area contributed by atoms with Crippen molar-refractivity contribution in [1.29, 1.82) is 0 Å². The van der Waals surface area contributed by atoms with Gasteiger partial charge >= 0.3 is 0 Å². The van der Waals surface area contributed by atoms with Crippen molar-refractivity contribution in [3.63, 3.8) is 0 Å². The molecule has 0 radical (unpaired) electrons. The first-order valence-corrected chi connectivity index (χ1v) is 10.9. The molecule has 134 valence electrons. The number of amides is 1. The van der Waals surface area contributed by atoms with Crippen molar-refractivity contribution in [2.24, 2.45) is 0 Å². The molecule has 0 N–H and O–H groups in total. The Morgan fingerprint density at radius 1 is 1.12 bits per heavy atom. The second-order valence-electron chi connectivity index (χ2n) is 5.64. The van der Waals surface area contributed by atoms with Gasteiger partial charge in [0.05, 0.1) is 9.47 Å². The predicted octanol–water partition coefficient (Wildman–Crippen LogP) is 2.77. The number of benzene rings is 1. The number of piperazine rings is 1. The first-order chi connectivity index (χ1) is 11.9. The predicted molar refractivity (Wildman–Crippen MR) is 99.3 cm³/mol. The molecular weight excluding hydrogens is 431 g/mol. The van der Waals surface area contributed by atoms with Crippen molar-refractivity contribution in [3.8, 4) is 0 Å². The smallest absolute Gasteiger partial charge is 0.238 e. The van der Waals surface area contributed by atoms with Gasteiger partial charge in [0.15, 0.2) is 9.84 Å². The molecule has 0 unspecified atom stereocenters.